The summed E-state index contributed by atoms with van der Waals surface area (Å²) in [6.07, 6.45) is 2.07. The summed E-state index contributed by atoms with van der Waals surface area (Å²) in [5.41, 5.74) is 11.0. The van der Waals surface area contributed by atoms with Gasteiger partial charge in [0.15, 0.2) is 0 Å². The van der Waals surface area contributed by atoms with Crippen LogP contribution in [0.1, 0.15) is 17.5 Å². The van der Waals surface area contributed by atoms with Crippen molar-refractivity contribution in [2.45, 2.75) is 19.8 Å². The van der Waals surface area contributed by atoms with E-state index in [4.69, 9.17) is 5.73 Å². The molecule has 0 aliphatic carbocycles. The van der Waals surface area contributed by atoms with Gasteiger partial charge >= 0.3 is 0 Å². The third-order valence-corrected chi connectivity index (χ3v) is 3.95. The van der Waals surface area contributed by atoms with E-state index in [9.17, 15) is 4.79 Å². The van der Waals surface area contributed by atoms with Crippen LogP contribution in [-0.4, -0.2) is 19.0 Å². The number of anilines is 3. The standard InChI is InChI=1S/C18H21N3O/c1-13-4-2-6-16(10-13)20-18(22)12-21-9-3-5-14-11-15(19)7-8-17(14)21/h2,4,6-8,10-11H,3,5,9,12,19H2,1H3,(H,20,22). The van der Waals surface area contributed by atoms with Crippen molar-refractivity contribution in [1.82, 2.24) is 0 Å². The Bertz CT molecular complexity index is 696. The fraction of sp³-hybridized carbons (Fsp3) is 0.278. The van der Waals surface area contributed by atoms with Gasteiger partial charge in [-0.2, -0.15) is 0 Å². The van der Waals surface area contributed by atoms with Crippen molar-refractivity contribution in [3.05, 3.63) is 53.6 Å². The molecule has 0 saturated heterocycles. The van der Waals surface area contributed by atoms with Crippen molar-refractivity contribution in [1.29, 1.82) is 0 Å². The summed E-state index contributed by atoms with van der Waals surface area (Å²) in [7, 11) is 0. The normalized spacial score (nSPS) is 13.6. The van der Waals surface area contributed by atoms with Gasteiger partial charge in [-0.05, 0) is 61.2 Å². The zero-order chi connectivity index (χ0) is 15.5. The maximum absolute atomic E-state index is 12.3. The molecular formula is C18H21N3O. The predicted molar refractivity (Wildman–Crippen MR) is 91.2 cm³/mol. The van der Waals surface area contributed by atoms with E-state index < -0.39 is 0 Å². The Hall–Kier alpha value is -2.49. The summed E-state index contributed by atoms with van der Waals surface area (Å²) in [5.74, 6) is 0.00951. The summed E-state index contributed by atoms with van der Waals surface area (Å²) in [6, 6.07) is 13.8. The highest BCUT2D eigenvalue weighted by molar-refractivity contribution is 5.94. The van der Waals surface area contributed by atoms with E-state index in [1.54, 1.807) is 0 Å². The van der Waals surface area contributed by atoms with E-state index in [0.29, 0.717) is 6.54 Å². The fourth-order valence-electron chi connectivity index (χ4n) is 2.96. The van der Waals surface area contributed by atoms with Gasteiger partial charge in [0.2, 0.25) is 5.91 Å². The molecule has 0 bridgehead atoms. The molecule has 4 heteroatoms. The number of aryl methyl sites for hydroxylation is 2. The average Bonchev–Trinajstić information content (AvgIpc) is 2.47. The minimum Gasteiger partial charge on any atom is -0.399 e. The van der Waals surface area contributed by atoms with Gasteiger partial charge in [-0.1, -0.05) is 12.1 Å². The van der Waals surface area contributed by atoms with Crippen LogP contribution in [0, 0.1) is 6.92 Å². The van der Waals surface area contributed by atoms with Crippen LogP contribution in [0.2, 0.25) is 0 Å². The lowest BCUT2D eigenvalue weighted by Gasteiger charge is -2.31. The first-order valence-electron chi connectivity index (χ1n) is 7.62. The fourth-order valence-corrected chi connectivity index (χ4v) is 2.96. The van der Waals surface area contributed by atoms with Crippen LogP contribution < -0.4 is 16.0 Å². The highest BCUT2D eigenvalue weighted by atomic mass is 16.2. The van der Waals surface area contributed by atoms with Crippen LogP contribution in [-0.2, 0) is 11.2 Å². The Morgan fingerprint density at radius 3 is 2.95 bits per heavy atom. The molecule has 22 heavy (non-hydrogen) atoms. The zero-order valence-electron chi connectivity index (χ0n) is 12.8. The number of nitrogens with two attached hydrogens (primary N) is 1. The van der Waals surface area contributed by atoms with Crippen molar-refractivity contribution >= 4 is 23.0 Å². The number of nitrogens with one attached hydrogen (secondary N) is 1. The van der Waals surface area contributed by atoms with E-state index >= 15 is 0 Å². The van der Waals surface area contributed by atoms with Gasteiger partial charge in [0.1, 0.15) is 0 Å². The number of carbonyl (C=O) groups excluding carboxylic acids is 1. The largest absolute Gasteiger partial charge is 0.399 e. The monoisotopic (exact) mass is 295 g/mol. The first-order valence-corrected chi connectivity index (χ1v) is 7.62. The lowest BCUT2D eigenvalue weighted by molar-refractivity contribution is -0.115. The molecule has 1 amide bonds. The third kappa shape index (κ3) is 3.22. The number of carbonyl (C=O) groups is 1. The van der Waals surface area contributed by atoms with E-state index in [0.717, 1.165) is 42.0 Å². The summed E-state index contributed by atoms with van der Waals surface area (Å²) >= 11 is 0. The van der Waals surface area contributed by atoms with Crippen LogP contribution >= 0.6 is 0 Å². The number of nitrogen functional groups attached to an aromatic ring is 1. The van der Waals surface area contributed by atoms with E-state index in [1.165, 1.54) is 5.56 Å². The second-order valence-corrected chi connectivity index (χ2v) is 5.83. The van der Waals surface area contributed by atoms with Gasteiger partial charge in [0, 0.05) is 23.6 Å². The molecule has 4 nitrogen and oxygen atoms in total. The number of amides is 1. The molecule has 0 aromatic heterocycles. The third-order valence-electron chi connectivity index (χ3n) is 3.95. The van der Waals surface area contributed by atoms with E-state index in [1.807, 2.05) is 49.4 Å². The molecule has 2 aromatic carbocycles. The van der Waals surface area contributed by atoms with Gasteiger partial charge in [0.05, 0.1) is 6.54 Å². The lowest BCUT2D eigenvalue weighted by atomic mass is 10.0. The molecule has 2 aromatic rings. The van der Waals surface area contributed by atoms with Crippen LogP contribution in [0.4, 0.5) is 17.1 Å². The molecule has 3 N–H and O–H groups in total. The molecule has 114 valence electrons. The average molecular weight is 295 g/mol. The van der Waals surface area contributed by atoms with Crippen molar-refractivity contribution in [2.75, 3.05) is 29.0 Å². The molecule has 0 fully saturated rings. The summed E-state index contributed by atoms with van der Waals surface area (Å²) in [6.45, 7) is 3.28. The highest BCUT2D eigenvalue weighted by Crippen LogP contribution is 2.28. The molecule has 0 saturated carbocycles. The summed E-state index contributed by atoms with van der Waals surface area (Å²) in [5, 5.41) is 2.97. The maximum Gasteiger partial charge on any atom is 0.243 e. The molecule has 0 spiro atoms. The molecule has 0 unspecified atom stereocenters. The number of fused-ring (bicyclic) bond motifs is 1. The quantitative estimate of drug-likeness (QED) is 0.856. The first-order chi connectivity index (χ1) is 10.6. The molecule has 0 radical (unpaired) electrons. The predicted octanol–water partition coefficient (Wildman–Crippen LogP) is 2.97. The van der Waals surface area contributed by atoms with E-state index in [-0.39, 0.29) is 5.91 Å². The molecule has 1 heterocycles. The van der Waals surface area contributed by atoms with Gasteiger partial charge in [-0.3, -0.25) is 4.79 Å². The molecule has 3 rings (SSSR count). The van der Waals surface area contributed by atoms with Crippen LogP contribution in [0.5, 0.6) is 0 Å². The van der Waals surface area contributed by atoms with Gasteiger partial charge < -0.3 is 16.0 Å². The molecule has 0 atom stereocenters. The van der Waals surface area contributed by atoms with Crippen molar-refractivity contribution in [3.8, 4) is 0 Å². The lowest BCUT2D eigenvalue weighted by Crippen LogP contribution is -2.36. The number of hydrogen-bond acceptors (Lipinski definition) is 3. The van der Waals surface area contributed by atoms with Gasteiger partial charge in [0.25, 0.3) is 0 Å². The van der Waals surface area contributed by atoms with E-state index in [2.05, 4.69) is 10.2 Å². The SMILES string of the molecule is Cc1cccc(NC(=O)CN2CCCc3cc(N)ccc32)c1. The Morgan fingerprint density at radius 2 is 2.14 bits per heavy atom. The molecule has 1 aliphatic heterocycles. The van der Waals surface area contributed by atoms with Crippen molar-refractivity contribution in [3.63, 3.8) is 0 Å². The Kier molecular flexibility index (Phi) is 4.00. The number of benzene rings is 2. The van der Waals surface area contributed by atoms with Crippen LogP contribution in [0.15, 0.2) is 42.5 Å². The van der Waals surface area contributed by atoms with Crippen LogP contribution in [0.3, 0.4) is 0 Å². The minimum atomic E-state index is 0.00951. The number of nitrogens with zero attached hydrogens (tertiary/aromatic N) is 1. The van der Waals surface area contributed by atoms with Gasteiger partial charge in [-0.15, -0.1) is 0 Å². The maximum atomic E-state index is 12.3. The number of hydrogen-bond donors (Lipinski definition) is 2. The number of rotatable bonds is 3. The Balaban J connectivity index is 1.70. The van der Waals surface area contributed by atoms with Crippen LogP contribution in [0.25, 0.3) is 0 Å². The highest BCUT2D eigenvalue weighted by Gasteiger charge is 2.19. The first kappa shape index (κ1) is 14.4. The zero-order valence-corrected chi connectivity index (χ0v) is 12.8. The van der Waals surface area contributed by atoms with Gasteiger partial charge in [-0.25, -0.2) is 0 Å². The Labute approximate surface area is 130 Å². The van der Waals surface area contributed by atoms with Crippen molar-refractivity contribution in [2.24, 2.45) is 0 Å². The Morgan fingerprint density at radius 1 is 1.27 bits per heavy atom. The summed E-state index contributed by atoms with van der Waals surface area (Å²) < 4.78 is 0. The topological polar surface area (TPSA) is 58.4 Å². The second kappa shape index (κ2) is 6.10. The second-order valence-electron chi connectivity index (χ2n) is 5.83. The van der Waals surface area contributed by atoms with Crippen molar-refractivity contribution < 1.29 is 4.79 Å². The molecule has 1 aliphatic rings. The minimum absolute atomic E-state index is 0.00951. The smallest absolute Gasteiger partial charge is 0.243 e. The summed E-state index contributed by atoms with van der Waals surface area (Å²) in [4.78, 5) is 14.4. The molecular weight excluding hydrogens is 274 g/mol.